The molecule has 0 spiro atoms. The zero-order chi connectivity index (χ0) is 55.1. The van der Waals surface area contributed by atoms with Crippen LogP contribution in [0.3, 0.4) is 0 Å². The molecule has 0 saturated carbocycles. The Kier molecular flexibility index (Phi) is 62.9. The van der Waals surface area contributed by atoms with E-state index in [4.69, 9.17) is 14.2 Å². The van der Waals surface area contributed by atoms with E-state index < -0.39 is 6.10 Å². The lowest BCUT2D eigenvalue weighted by molar-refractivity contribution is -0.167. The average molecular weight is 1070 g/mol. The average Bonchev–Trinajstić information content (AvgIpc) is 3.42. The Hall–Kier alpha value is -1.59. The van der Waals surface area contributed by atoms with Gasteiger partial charge in [-0.3, -0.25) is 14.4 Å². The molecule has 0 bridgehead atoms. The zero-order valence-corrected chi connectivity index (χ0v) is 52.2. The monoisotopic (exact) mass is 1070 g/mol. The van der Waals surface area contributed by atoms with Crippen LogP contribution in [0.15, 0.2) is 0 Å². The first-order chi connectivity index (χ1) is 37.4. The standard InChI is InChI=1S/C70H136O6/c1-5-8-10-12-14-16-18-20-22-24-29-33-37-41-45-49-53-57-61-68(71)74-64-67(76-70(73)63-59-55-51-47-43-39-35-30-25-23-21-19-17-15-13-11-9-6-2)65-75-69(72)62-58-54-50-46-42-38-34-31-27-26-28-32-36-40-44-48-52-56-60-66(4)7-3/h66-67H,5-65H2,1-4H3/t66?,67-/m1/s1. The number of hydrogen-bond donors (Lipinski definition) is 0. The number of unbranched alkanes of at least 4 members (excludes halogenated alkanes) is 51. The Morgan fingerprint density at radius 1 is 0.263 bits per heavy atom. The lowest BCUT2D eigenvalue weighted by atomic mass is 9.99. The highest BCUT2D eigenvalue weighted by molar-refractivity contribution is 5.71. The van der Waals surface area contributed by atoms with Gasteiger partial charge in [-0.25, -0.2) is 0 Å². The molecule has 0 aromatic carbocycles. The molecule has 1 unspecified atom stereocenters. The molecule has 0 amide bonds. The molecule has 0 aromatic heterocycles. The van der Waals surface area contributed by atoms with E-state index in [-0.39, 0.29) is 31.1 Å². The van der Waals surface area contributed by atoms with Gasteiger partial charge in [0.05, 0.1) is 0 Å². The van der Waals surface area contributed by atoms with Gasteiger partial charge in [-0.05, 0) is 25.2 Å². The number of carbonyl (C=O) groups is 3. The molecule has 0 radical (unpaired) electrons. The van der Waals surface area contributed by atoms with Crippen molar-refractivity contribution in [2.75, 3.05) is 13.2 Å². The van der Waals surface area contributed by atoms with Crippen LogP contribution in [0.2, 0.25) is 0 Å². The molecule has 0 saturated heterocycles. The van der Waals surface area contributed by atoms with Crippen LogP contribution in [-0.4, -0.2) is 37.2 Å². The summed E-state index contributed by atoms with van der Waals surface area (Å²) in [5.74, 6) is 0.0894. The Morgan fingerprint density at radius 3 is 0.684 bits per heavy atom. The maximum Gasteiger partial charge on any atom is 0.306 e. The van der Waals surface area contributed by atoms with Crippen molar-refractivity contribution in [3.63, 3.8) is 0 Å². The van der Waals surface area contributed by atoms with E-state index >= 15 is 0 Å². The van der Waals surface area contributed by atoms with Crippen LogP contribution in [0.4, 0.5) is 0 Å². The van der Waals surface area contributed by atoms with Crippen LogP contribution < -0.4 is 0 Å². The third-order valence-electron chi connectivity index (χ3n) is 16.7. The van der Waals surface area contributed by atoms with Crippen LogP contribution in [0.5, 0.6) is 0 Å². The van der Waals surface area contributed by atoms with Gasteiger partial charge in [0.25, 0.3) is 0 Å². The van der Waals surface area contributed by atoms with E-state index in [9.17, 15) is 14.4 Å². The first kappa shape index (κ1) is 74.4. The largest absolute Gasteiger partial charge is 0.462 e. The molecule has 0 aliphatic rings. The zero-order valence-electron chi connectivity index (χ0n) is 52.2. The van der Waals surface area contributed by atoms with Gasteiger partial charge < -0.3 is 14.2 Å². The van der Waals surface area contributed by atoms with Gasteiger partial charge in [0.2, 0.25) is 0 Å². The highest BCUT2D eigenvalue weighted by Gasteiger charge is 2.20. The fourth-order valence-electron chi connectivity index (χ4n) is 11.0. The highest BCUT2D eigenvalue weighted by atomic mass is 16.6. The second-order valence-corrected chi connectivity index (χ2v) is 24.4. The molecule has 0 aromatic rings. The van der Waals surface area contributed by atoms with E-state index in [0.717, 1.165) is 63.7 Å². The molecule has 0 aliphatic carbocycles. The summed E-state index contributed by atoms with van der Waals surface area (Å²) in [6.45, 7) is 9.15. The molecule has 2 atom stereocenters. The fraction of sp³-hybridized carbons (Fsp3) is 0.957. The summed E-state index contributed by atoms with van der Waals surface area (Å²) in [4.78, 5) is 38.4. The summed E-state index contributed by atoms with van der Waals surface area (Å²) in [5, 5.41) is 0. The summed E-state index contributed by atoms with van der Waals surface area (Å²) in [6.07, 6.45) is 74.0. The first-order valence-corrected chi connectivity index (χ1v) is 34.9. The van der Waals surface area contributed by atoms with Gasteiger partial charge in [0, 0.05) is 19.3 Å². The number of carbonyl (C=O) groups excluding carboxylic acids is 3. The van der Waals surface area contributed by atoms with E-state index in [1.807, 2.05) is 0 Å². The van der Waals surface area contributed by atoms with Crippen LogP contribution >= 0.6 is 0 Å². The topological polar surface area (TPSA) is 78.9 Å². The van der Waals surface area contributed by atoms with Crippen LogP contribution in [0, 0.1) is 5.92 Å². The Balaban J connectivity index is 4.26. The third-order valence-corrected chi connectivity index (χ3v) is 16.7. The van der Waals surface area contributed by atoms with Gasteiger partial charge in [0.1, 0.15) is 13.2 Å². The summed E-state index contributed by atoms with van der Waals surface area (Å²) in [6, 6.07) is 0. The quantitative estimate of drug-likeness (QED) is 0.0343. The van der Waals surface area contributed by atoms with Crippen molar-refractivity contribution in [3.8, 4) is 0 Å². The second-order valence-electron chi connectivity index (χ2n) is 24.4. The van der Waals surface area contributed by atoms with Crippen LogP contribution in [-0.2, 0) is 28.6 Å². The molecule has 76 heavy (non-hydrogen) atoms. The normalized spacial score (nSPS) is 12.3. The van der Waals surface area contributed by atoms with E-state index in [1.54, 1.807) is 0 Å². The molecule has 0 heterocycles. The Labute approximate surface area is 476 Å². The highest BCUT2D eigenvalue weighted by Crippen LogP contribution is 2.20. The molecule has 0 N–H and O–H groups in total. The number of esters is 3. The van der Waals surface area contributed by atoms with Gasteiger partial charge in [-0.1, -0.05) is 368 Å². The van der Waals surface area contributed by atoms with E-state index in [1.165, 1.54) is 302 Å². The number of rotatable bonds is 65. The first-order valence-electron chi connectivity index (χ1n) is 34.9. The van der Waals surface area contributed by atoms with E-state index in [0.29, 0.717) is 19.3 Å². The fourth-order valence-corrected chi connectivity index (χ4v) is 11.0. The smallest absolute Gasteiger partial charge is 0.306 e. The predicted molar refractivity (Wildman–Crippen MR) is 330 cm³/mol. The molecule has 6 nitrogen and oxygen atoms in total. The van der Waals surface area contributed by atoms with Gasteiger partial charge in [-0.15, -0.1) is 0 Å². The second kappa shape index (κ2) is 64.2. The predicted octanol–water partition coefficient (Wildman–Crippen LogP) is 23.7. The summed E-state index contributed by atoms with van der Waals surface area (Å²) in [7, 11) is 0. The Morgan fingerprint density at radius 2 is 0.461 bits per heavy atom. The third kappa shape index (κ3) is 61.6. The lowest BCUT2D eigenvalue weighted by Gasteiger charge is -2.18. The minimum Gasteiger partial charge on any atom is -0.462 e. The molecule has 452 valence electrons. The maximum absolute atomic E-state index is 12.9. The van der Waals surface area contributed by atoms with Crippen molar-refractivity contribution in [1.29, 1.82) is 0 Å². The lowest BCUT2D eigenvalue weighted by Crippen LogP contribution is -2.30. The SMILES string of the molecule is CCCCCCCCCCCCCCCCCCCCC(=O)OC[C@H](COC(=O)CCCCCCCCCCCCCCCCCCCCC(C)CC)OC(=O)CCCCCCCCCCCCCCCCCCCC. The summed E-state index contributed by atoms with van der Waals surface area (Å²) >= 11 is 0. The molecule has 6 heteroatoms. The Bertz CT molecular complexity index is 1160. The minimum absolute atomic E-state index is 0.0606. The molecular weight excluding hydrogens is 937 g/mol. The summed E-state index contributed by atoms with van der Waals surface area (Å²) < 4.78 is 17.0. The maximum atomic E-state index is 12.9. The molecule has 0 aliphatic heterocycles. The van der Waals surface area contributed by atoms with Gasteiger partial charge in [-0.2, -0.15) is 0 Å². The summed E-state index contributed by atoms with van der Waals surface area (Å²) in [5.41, 5.74) is 0. The van der Waals surface area contributed by atoms with Crippen molar-refractivity contribution in [2.45, 2.75) is 413 Å². The number of hydrogen-bond acceptors (Lipinski definition) is 6. The molecule has 0 fully saturated rings. The van der Waals surface area contributed by atoms with Crippen molar-refractivity contribution in [3.05, 3.63) is 0 Å². The number of ether oxygens (including phenoxy) is 3. The van der Waals surface area contributed by atoms with Crippen molar-refractivity contribution >= 4 is 17.9 Å². The van der Waals surface area contributed by atoms with Crippen molar-refractivity contribution in [2.24, 2.45) is 5.92 Å². The van der Waals surface area contributed by atoms with Crippen LogP contribution in [0.1, 0.15) is 407 Å². The van der Waals surface area contributed by atoms with E-state index in [2.05, 4.69) is 27.7 Å². The minimum atomic E-state index is -0.764. The van der Waals surface area contributed by atoms with Gasteiger partial charge >= 0.3 is 17.9 Å². The van der Waals surface area contributed by atoms with Crippen molar-refractivity contribution in [1.82, 2.24) is 0 Å². The van der Waals surface area contributed by atoms with Gasteiger partial charge in [0.15, 0.2) is 6.10 Å². The molecule has 0 rings (SSSR count). The van der Waals surface area contributed by atoms with Crippen molar-refractivity contribution < 1.29 is 28.6 Å². The molecular formula is C70H136O6. The van der Waals surface area contributed by atoms with Crippen LogP contribution in [0.25, 0.3) is 0 Å².